The number of aliphatic hydroxyl groups is 1. The highest BCUT2D eigenvalue weighted by atomic mass is 16.6. The highest BCUT2D eigenvalue weighted by Crippen LogP contribution is 2.41. The van der Waals surface area contributed by atoms with Crippen molar-refractivity contribution in [2.75, 3.05) is 6.54 Å². The van der Waals surface area contributed by atoms with E-state index < -0.39 is 53.8 Å². The summed E-state index contributed by atoms with van der Waals surface area (Å²) in [5.74, 6) is -4.13. The molecule has 2 aliphatic rings. The smallest absolute Gasteiger partial charge is 0.408 e. The van der Waals surface area contributed by atoms with Crippen LogP contribution in [0, 0.1) is 17.8 Å². The van der Waals surface area contributed by atoms with Crippen molar-refractivity contribution in [1.82, 2.24) is 16.0 Å². The van der Waals surface area contributed by atoms with Gasteiger partial charge >= 0.3 is 18.0 Å². The van der Waals surface area contributed by atoms with E-state index in [4.69, 9.17) is 4.74 Å². The van der Waals surface area contributed by atoms with E-state index in [0.717, 1.165) is 19.3 Å². The number of amides is 3. The Labute approximate surface area is 258 Å². The zero-order valence-electron chi connectivity index (χ0n) is 26.2. The Bertz CT molecular complexity index is 1230. The van der Waals surface area contributed by atoms with Crippen LogP contribution in [-0.4, -0.2) is 87.2 Å². The summed E-state index contributed by atoms with van der Waals surface area (Å²) in [7, 11) is 0. The van der Waals surface area contributed by atoms with Gasteiger partial charge in [-0.25, -0.2) is 9.59 Å². The number of hydrogen-bond acceptors (Lipinski definition) is 6. The molecule has 1 aliphatic heterocycles. The second-order valence-electron chi connectivity index (χ2n) is 12.4. The Morgan fingerprint density at radius 1 is 0.955 bits per heavy atom. The summed E-state index contributed by atoms with van der Waals surface area (Å²) in [6, 6.07) is 4.62. The van der Waals surface area contributed by atoms with E-state index in [-0.39, 0.29) is 42.6 Å². The number of aliphatic hydroxyl groups excluding tert-OH is 1. The van der Waals surface area contributed by atoms with Crippen LogP contribution in [0.5, 0.6) is 0 Å². The summed E-state index contributed by atoms with van der Waals surface area (Å²) >= 11 is 0. The average Bonchev–Trinajstić information content (AvgIpc) is 3.56. The summed E-state index contributed by atoms with van der Waals surface area (Å²) < 4.78 is 6.82. The monoisotopic (exact) mass is 615 g/mol. The first-order valence-corrected chi connectivity index (χ1v) is 15.5. The molecule has 1 aromatic carbocycles. The lowest BCUT2D eigenvalue weighted by Gasteiger charge is -2.23. The van der Waals surface area contributed by atoms with Gasteiger partial charge in [-0.3, -0.25) is 14.4 Å². The highest BCUT2D eigenvalue weighted by molar-refractivity contribution is 6.38. The molecule has 1 unspecified atom stereocenters. The zero-order valence-corrected chi connectivity index (χ0v) is 26.2. The Hall–Kier alpha value is -3.96. The van der Waals surface area contributed by atoms with Gasteiger partial charge in [0.15, 0.2) is 12.6 Å². The van der Waals surface area contributed by atoms with E-state index in [2.05, 4.69) is 16.0 Å². The van der Waals surface area contributed by atoms with Crippen LogP contribution in [0.3, 0.4) is 0 Å². The number of ether oxygens (including phenoxy) is 1. The Morgan fingerprint density at radius 3 is 2.23 bits per heavy atom. The number of carboxylic acid groups (broad SMARTS) is 1. The number of nitrogens with zero attached hydrogens (tertiary/aromatic N) is 1. The van der Waals surface area contributed by atoms with E-state index in [1.165, 1.54) is 0 Å². The van der Waals surface area contributed by atoms with Gasteiger partial charge in [-0.05, 0) is 44.6 Å². The van der Waals surface area contributed by atoms with Crippen LogP contribution in [0.4, 0.5) is 4.79 Å². The SMILES string of the molecule is CCCC(NC(=O)[C@@H]1[C@H]2CCC[C@H]2C[N+]1=C(O)[C@@H](NC(=O)OC(C)C)C(C)C)C(=O)C(=O)N[C@@H](Cc1ccccc1)C(=O)O. The third kappa shape index (κ3) is 8.79. The lowest BCUT2D eigenvalue weighted by atomic mass is 9.93. The number of carbonyl (C=O) groups is 5. The van der Waals surface area contributed by atoms with Crippen molar-refractivity contribution in [1.29, 1.82) is 0 Å². The quantitative estimate of drug-likeness (QED) is 0.121. The van der Waals surface area contributed by atoms with Crippen LogP contribution in [0.25, 0.3) is 0 Å². The lowest BCUT2D eigenvalue weighted by molar-refractivity contribution is -0.546. The number of aliphatic carboxylic acids is 1. The van der Waals surface area contributed by atoms with Gasteiger partial charge in [-0.1, -0.05) is 63.9 Å². The molecule has 242 valence electrons. The second-order valence-corrected chi connectivity index (χ2v) is 12.4. The number of carbonyl (C=O) groups excluding carboxylic acids is 4. The highest BCUT2D eigenvalue weighted by Gasteiger charge is 2.54. The van der Waals surface area contributed by atoms with Gasteiger partial charge in [0.05, 0.1) is 12.1 Å². The fourth-order valence-electron chi connectivity index (χ4n) is 6.21. The van der Waals surface area contributed by atoms with Crippen LogP contribution in [-0.2, 0) is 30.3 Å². The zero-order chi connectivity index (χ0) is 32.6. The van der Waals surface area contributed by atoms with Gasteiger partial charge in [0.1, 0.15) is 6.04 Å². The number of nitrogens with one attached hydrogen (secondary N) is 3. The molecule has 0 spiro atoms. The minimum atomic E-state index is -1.33. The van der Waals surface area contributed by atoms with Crippen LogP contribution in [0.1, 0.15) is 72.3 Å². The molecular weight excluding hydrogens is 568 g/mol. The number of carboxylic acids is 1. The summed E-state index contributed by atoms with van der Waals surface area (Å²) in [4.78, 5) is 64.4. The molecule has 0 radical (unpaired) electrons. The molecule has 12 heteroatoms. The summed E-state index contributed by atoms with van der Waals surface area (Å²) in [6.07, 6.45) is 2.16. The van der Waals surface area contributed by atoms with Crippen molar-refractivity contribution in [3.05, 3.63) is 35.9 Å². The van der Waals surface area contributed by atoms with Gasteiger partial charge < -0.3 is 30.9 Å². The molecule has 6 atom stereocenters. The molecule has 0 aromatic heterocycles. The number of Topliss-reactive ketones (excluding diaryl/α,β-unsaturated/α-hetero) is 1. The van der Waals surface area contributed by atoms with Crippen molar-refractivity contribution in [3.63, 3.8) is 0 Å². The number of benzene rings is 1. The molecule has 1 aromatic rings. The number of fused-ring (bicyclic) bond motifs is 1. The van der Waals surface area contributed by atoms with Crippen molar-refractivity contribution in [3.8, 4) is 0 Å². The van der Waals surface area contributed by atoms with Gasteiger partial charge in [-0.2, -0.15) is 4.58 Å². The number of ketones is 1. The largest absolute Gasteiger partial charge is 0.480 e. The van der Waals surface area contributed by atoms with Crippen molar-refractivity contribution >= 4 is 35.6 Å². The van der Waals surface area contributed by atoms with Crippen LogP contribution in [0.2, 0.25) is 0 Å². The Morgan fingerprint density at radius 2 is 1.64 bits per heavy atom. The van der Waals surface area contributed by atoms with Crippen molar-refractivity contribution < 1.29 is 43.5 Å². The van der Waals surface area contributed by atoms with Crippen LogP contribution < -0.4 is 16.0 Å². The maximum Gasteiger partial charge on any atom is 0.408 e. The van der Waals surface area contributed by atoms with Crippen molar-refractivity contribution in [2.24, 2.45) is 17.8 Å². The third-order valence-corrected chi connectivity index (χ3v) is 8.33. The maximum absolute atomic E-state index is 13.9. The normalized spacial score (nSPS) is 22.5. The number of alkyl carbamates (subject to hydrolysis) is 1. The first kappa shape index (κ1) is 34.5. The molecule has 0 bridgehead atoms. The average molecular weight is 616 g/mol. The summed E-state index contributed by atoms with van der Waals surface area (Å²) in [5, 5.41) is 28.9. The standard InChI is InChI=1S/C32H46N4O8/c1-6-11-23(27(37)29(39)34-24(31(41)42)16-20-12-8-7-9-13-20)33-28(38)26-22-15-10-14-21(22)17-36(26)30(40)25(18(2)3)35-32(43)44-19(4)5/h7-9,12-13,18-19,21-26H,6,10-11,14-17H2,1-5H3,(H4,33,34,35,38,39,41,42,43)/p+1/t21-,22-,23?,24-,25-,26-/m0/s1. The second kappa shape index (κ2) is 15.7. The van der Waals surface area contributed by atoms with Gasteiger partial charge in [-0.15, -0.1) is 0 Å². The van der Waals surface area contributed by atoms with Gasteiger partial charge in [0, 0.05) is 18.3 Å². The molecular formula is C32H47N4O8+. The fourth-order valence-corrected chi connectivity index (χ4v) is 6.21. The third-order valence-electron chi connectivity index (χ3n) is 8.33. The van der Waals surface area contributed by atoms with E-state index >= 15 is 0 Å². The molecule has 44 heavy (non-hydrogen) atoms. The fraction of sp³-hybridized carbons (Fsp3) is 0.625. The Balaban J connectivity index is 1.82. The van der Waals surface area contributed by atoms with E-state index in [0.29, 0.717) is 18.5 Å². The molecule has 1 aliphatic carbocycles. The maximum atomic E-state index is 13.9. The molecule has 3 amide bonds. The number of rotatable bonds is 14. The topological polar surface area (TPSA) is 174 Å². The lowest BCUT2D eigenvalue weighted by Crippen LogP contribution is -2.56. The molecule has 2 fully saturated rings. The van der Waals surface area contributed by atoms with Crippen LogP contribution in [0.15, 0.2) is 30.3 Å². The van der Waals surface area contributed by atoms with Crippen molar-refractivity contribution in [2.45, 2.75) is 103 Å². The minimum absolute atomic E-state index is 0.00895. The van der Waals surface area contributed by atoms with Gasteiger partial charge in [0.25, 0.3) is 11.8 Å². The first-order chi connectivity index (χ1) is 20.8. The molecule has 1 saturated carbocycles. The van der Waals surface area contributed by atoms with E-state index in [1.807, 2.05) is 20.8 Å². The first-order valence-electron chi connectivity index (χ1n) is 15.5. The number of hydrogen-bond donors (Lipinski definition) is 5. The molecule has 3 rings (SSSR count). The summed E-state index contributed by atoms with van der Waals surface area (Å²) in [5.41, 5.74) is 0.682. The van der Waals surface area contributed by atoms with Crippen LogP contribution >= 0.6 is 0 Å². The predicted molar refractivity (Wildman–Crippen MR) is 162 cm³/mol. The minimum Gasteiger partial charge on any atom is -0.480 e. The molecule has 5 N–H and O–H groups in total. The van der Waals surface area contributed by atoms with E-state index in [9.17, 15) is 34.2 Å². The predicted octanol–water partition coefficient (Wildman–Crippen LogP) is 2.58. The molecule has 1 saturated heterocycles. The molecule has 12 nitrogen and oxygen atoms in total. The summed E-state index contributed by atoms with van der Waals surface area (Å²) in [6.45, 7) is 9.32. The van der Waals surface area contributed by atoms with E-state index in [1.54, 1.807) is 48.8 Å². The Kier molecular flexibility index (Phi) is 12.3. The molecule has 1 heterocycles. The van der Waals surface area contributed by atoms with Gasteiger partial charge in [0.2, 0.25) is 11.8 Å².